The van der Waals surface area contributed by atoms with Crippen molar-refractivity contribution in [3.8, 4) is 11.5 Å². The second-order valence-electron chi connectivity index (χ2n) is 5.55. The first kappa shape index (κ1) is 19.3. The number of ether oxygens (including phenoxy) is 2. The lowest BCUT2D eigenvalue weighted by molar-refractivity contribution is 0.269. The van der Waals surface area contributed by atoms with Gasteiger partial charge in [0.1, 0.15) is 25.1 Å². The van der Waals surface area contributed by atoms with E-state index in [0.717, 1.165) is 5.56 Å². The minimum absolute atomic E-state index is 0.161. The van der Waals surface area contributed by atoms with Gasteiger partial charge in [-0.15, -0.1) is 10.2 Å². The van der Waals surface area contributed by atoms with E-state index >= 15 is 0 Å². The van der Waals surface area contributed by atoms with Crippen LogP contribution in [0.5, 0.6) is 11.5 Å². The molecule has 1 aromatic heterocycles. The summed E-state index contributed by atoms with van der Waals surface area (Å²) in [5.41, 5.74) is 4.58. The minimum atomic E-state index is -0.397. The van der Waals surface area contributed by atoms with Crippen LogP contribution in [0.2, 0.25) is 10.0 Å². The Morgan fingerprint density at radius 2 is 1.70 bits per heavy atom. The molecular formula is C18H17Cl2FN4O2. The fraction of sp³-hybridized carbons (Fsp3) is 0.222. The lowest BCUT2D eigenvalue weighted by Crippen LogP contribution is -2.12. The lowest BCUT2D eigenvalue weighted by atomic mass is 10.2. The summed E-state index contributed by atoms with van der Waals surface area (Å²) in [6, 6.07) is 7.66. The zero-order chi connectivity index (χ0) is 19.2. The first-order valence-electron chi connectivity index (χ1n) is 8.17. The first-order valence-corrected chi connectivity index (χ1v) is 8.93. The van der Waals surface area contributed by atoms with Gasteiger partial charge in [-0.25, -0.2) is 9.07 Å². The highest BCUT2D eigenvalue weighted by Gasteiger charge is 2.13. The molecule has 3 aromatic rings. The molecular weight excluding hydrogens is 394 g/mol. The molecule has 0 radical (unpaired) electrons. The largest absolute Gasteiger partial charge is 0.490 e. The molecule has 1 heterocycles. The second-order valence-corrected chi connectivity index (χ2v) is 6.37. The summed E-state index contributed by atoms with van der Waals surface area (Å²) in [4.78, 5) is 0. The summed E-state index contributed by atoms with van der Waals surface area (Å²) >= 11 is 12.4. The zero-order valence-electron chi connectivity index (χ0n) is 14.5. The van der Waals surface area contributed by atoms with E-state index in [0.29, 0.717) is 40.3 Å². The van der Waals surface area contributed by atoms with Crippen LogP contribution in [-0.4, -0.2) is 21.5 Å². The molecule has 0 bridgehead atoms. The van der Waals surface area contributed by atoms with Crippen LogP contribution >= 0.6 is 23.2 Å². The van der Waals surface area contributed by atoms with E-state index in [-0.39, 0.29) is 6.61 Å². The van der Waals surface area contributed by atoms with Gasteiger partial charge in [-0.1, -0.05) is 29.3 Å². The molecule has 0 aliphatic carbocycles. The van der Waals surface area contributed by atoms with Crippen LogP contribution in [0.4, 0.5) is 4.39 Å². The first-order chi connectivity index (χ1) is 13.1. The molecule has 0 fully saturated rings. The average molecular weight is 411 g/mol. The van der Waals surface area contributed by atoms with E-state index in [4.69, 9.17) is 32.7 Å². The van der Waals surface area contributed by atoms with Crippen molar-refractivity contribution in [3.63, 3.8) is 0 Å². The number of nitrogens with zero attached hydrogens (tertiary/aromatic N) is 3. The van der Waals surface area contributed by atoms with E-state index in [1.165, 1.54) is 12.1 Å². The number of hydrogen-bond acceptors (Lipinski definition) is 5. The molecule has 0 atom stereocenters. The van der Waals surface area contributed by atoms with Crippen LogP contribution in [0.1, 0.15) is 18.1 Å². The number of halogens is 3. The van der Waals surface area contributed by atoms with Gasteiger partial charge in [0.25, 0.3) is 0 Å². The molecule has 0 saturated heterocycles. The maximum Gasteiger partial charge on any atom is 0.163 e. The molecule has 0 aliphatic rings. The molecule has 1 N–H and O–H groups in total. The van der Waals surface area contributed by atoms with E-state index in [2.05, 4.69) is 15.6 Å². The van der Waals surface area contributed by atoms with Crippen LogP contribution < -0.4 is 14.9 Å². The smallest absolute Gasteiger partial charge is 0.163 e. The van der Waals surface area contributed by atoms with E-state index in [1.807, 2.05) is 13.0 Å². The van der Waals surface area contributed by atoms with Crippen molar-refractivity contribution in [3.05, 3.63) is 70.0 Å². The number of rotatable bonds is 8. The molecule has 0 amide bonds. The predicted molar refractivity (Wildman–Crippen MR) is 101 cm³/mol. The Hall–Kier alpha value is -2.51. The number of benzene rings is 2. The quantitative estimate of drug-likeness (QED) is 0.594. The highest BCUT2D eigenvalue weighted by Crippen LogP contribution is 2.34. The van der Waals surface area contributed by atoms with Gasteiger partial charge in [0.2, 0.25) is 0 Å². The summed E-state index contributed by atoms with van der Waals surface area (Å²) < 4.78 is 26.3. The van der Waals surface area contributed by atoms with Crippen LogP contribution in [0.25, 0.3) is 0 Å². The van der Waals surface area contributed by atoms with Gasteiger partial charge in [0.05, 0.1) is 18.2 Å². The Morgan fingerprint density at radius 3 is 2.41 bits per heavy atom. The summed E-state index contributed by atoms with van der Waals surface area (Å²) in [7, 11) is 0. The van der Waals surface area contributed by atoms with Crippen LogP contribution in [0.3, 0.4) is 0 Å². The average Bonchev–Trinajstić information content (AvgIpc) is 3.15. The highest BCUT2D eigenvalue weighted by molar-refractivity contribution is 6.31. The molecule has 0 spiro atoms. The molecule has 6 nitrogen and oxygen atoms in total. The summed E-state index contributed by atoms with van der Waals surface area (Å²) in [6.45, 7) is 2.95. The van der Waals surface area contributed by atoms with E-state index in [9.17, 15) is 4.39 Å². The predicted octanol–water partition coefficient (Wildman–Crippen LogP) is 4.45. The zero-order valence-corrected chi connectivity index (χ0v) is 16.0. The van der Waals surface area contributed by atoms with Crippen molar-refractivity contribution in [1.29, 1.82) is 0 Å². The number of nitrogens with one attached hydrogen (secondary N) is 1. The van der Waals surface area contributed by atoms with Gasteiger partial charge in [0, 0.05) is 16.7 Å². The highest BCUT2D eigenvalue weighted by atomic mass is 35.5. The maximum atomic E-state index is 13.2. The van der Waals surface area contributed by atoms with Crippen LogP contribution in [0.15, 0.2) is 43.0 Å². The van der Waals surface area contributed by atoms with E-state index in [1.54, 1.807) is 29.5 Å². The Morgan fingerprint density at radius 1 is 1.00 bits per heavy atom. The standard InChI is InChI=1S/C18H17Cl2FN4O2/c1-2-26-17-5-13(8-24-25-10-22-23-11-25)16(20)7-18(17)27-9-12-3-4-14(21)6-15(12)19/h3-7,10-11,24H,2,8-9H2,1H3. The van der Waals surface area contributed by atoms with Crippen LogP contribution in [0, 0.1) is 5.82 Å². The van der Waals surface area contributed by atoms with Gasteiger partial charge < -0.3 is 14.9 Å². The Balaban J connectivity index is 1.76. The van der Waals surface area contributed by atoms with Crippen LogP contribution in [-0.2, 0) is 13.2 Å². The van der Waals surface area contributed by atoms with Crippen molar-refractivity contribution in [2.24, 2.45) is 0 Å². The molecule has 2 aromatic carbocycles. The molecule has 142 valence electrons. The van der Waals surface area contributed by atoms with Crippen molar-refractivity contribution in [1.82, 2.24) is 14.9 Å². The lowest BCUT2D eigenvalue weighted by Gasteiger charge is -2.16. The van der Waals surface area contributed by atoms with Gasteiger partial charge in [-0.2, -0.15) is 0 Å². The van der Waals surface area contributed by atoms with Gasteiger partial charge >= 0.3 is 0 Å². The molecule has 0 unspecified atom stereocenters. The third-order valence-electron chi connectivity index (χ3n) is 3.68. The van der Waals surface area contributed by atoms with Gasteiger partial charge in [-0.3, -0.25) is 0 Å². The van der Waals surface area contributed by atoms with Crippen molar-refractivity contribution in [2.45, 2.75) is 20.1 Å². The van der Waals surface area contributed by atoms with Crippen molar-refractivity contribution >= 4 is 23.2 Å². The number of hydrogen-bond donors (Lipinski definition) is 1. The van der Waals surface area contributed by atoms with Gasteiger partial charge in [-0.05, 0) is 30.7 Å². The Labute approximate surface area is 165 Å². The third kappa shape index (κ3) is 5.02. The molecule has 27 heavy (non-hydrogen) atoms. The Bertz CT molecular complexity index is 907. The fourth-order valence-corrected chi connectivity index (χ4v) is 2.79. The minimum Gasteiger partial charge on any atom is -0.490 e. The maximum absolute atomic E-state index is 13.2. The SMILES string of the molecule is CCOc1cc(CNn2cnnc2)c(Cl)cc1OCc1ccc(F)cc1Cl. The third-order valence-corrected chi connectivity index (χ3v) is 4.39. The van der Waals surface area contributed by atoms with Crippen molar-refractivity contribution in [2.75, 3.05) is 12.0 Å². The monoisotopic (exact) mass is 410 g/mol. The van der Waals surface area contributed by atoms with E-state index < -0.39 is 5.82 Å². The summed E-state index contributed by atoms with van der Waals surface area (Å²) in [5.74, 6) is 0.641. The second kappa shape index (κ2) is 8.92. The molecule has 0 saturated carbocycles. The molecule has 0 aliphatic heterocycles. The molecule has 3 rings (SSSR count). The summed E-state index contributed by atoms with van der Waals surface area (Å²) in [6.07, 6.45) is 3.09. The van der Waals surface area contributed by atoms with Gasteiger partial charge in [0.15, 0.2) is 11.5 Å². The van der Waals surface area contributed by atoms with Crippen molar-refractivity contribution < 1.29 is 13.9 Å². The topological polar surface area (TPSA) is 61.2 Å². The normalized spacial score (nSPS) is 10.7. The Kier molecular flexibility index (Phi) is 6.36. The molecule has 9 heteroatoms. The number of aromatic nitrogens is 3. The summed E-state index contributed by atoms with van der Waals surface area (Å²) in [5, 5.41) is 8.26. The fourth-order valence-electron chi connectivity index (χ4n) is 2.35.